The number of carbonyl (C=O) groups excluding carboxylic acids is 2. The quantitative estimate of drug-likeness (QED) is 0.184. The van der Waals surface area contributed by atoms with Gasteiger partial charge in [0.25, 0.3) is 5.91 Å². The number of amides is 1. The van der Waals surface area contributed by atoms with Gasteiger partial charge in [-0.3, -0.25) is 9.48 Å². The summed E-state index contributed by atoms with van der Waals surface area (Å²) in [5, 5.41) is 8.34. The van der Waals surface area contributed by atoms with Gasteiger partial charge in [-0.15, -0.1) is 0 Å². The molecule has 3 aromatic heterocycles. The normalized spacial score (nSPS) is 26.6. The van der Waals surface area contributed by atoms with Crippen LogP contribution in [0.15, 0.2) is 42.9 Å². The number of aromatic nitrogens is 6. The third kappa shape index (κ3) is 7.25. The Balaban J connectivity index is 1.04. The summed E-state index contributed by atoms with van der Waals surface area (Å²) in [5.41, 5.74) is -3.58. The van der Waals surface area contributed by atoms with Crippen LogP contribution >= 0.6 is 0 Å². The van der Waals surface area contributed by atoms with Crippen molar-refractivity contribution in [3.63, 3.8) is 0 Å². The van der Waals surface area contributed by atoms with E-state index in [2.05, 4.69) is 30.2 Å². The Bertz CT molecular complexity index is 2150. The van der Waals surface area contributed by atoms with Crippen molar-refractivity contribution in [1.29, 1.82) is 0 Å². The lowest BCUT2D eigenvalue weighted by molar-refractivity contribution is -0.180. The molecule has 0 radical (unpaired) electrons. The summed E-state index contributed by atoms with van der Waals surface area (Å²) < 4.78 is 65.0. The van der Waals surface area contributed by atoms with Crippen molar-refractivity contribution in [2.45, 2.75) is 108 Å². The molecule has 10 rings (SSSR count). The molecule has 58 heavy (non-hydrogen) atoms. The van der Waals surface area contributed by atoms with Crippen molar-refractivity contribution in [3.05, 3.63) is 54.1 Å². The van der Waals surface area contributed by atoms with Gasteiger partial charge < -0.3 is 24.4 Å². The Hall–Kier alpha value is -4.86. The average Bonchev–Trinajstić information content (AvgIpc) is 3.57. The highest BCUT2D eigenvalue weighted by molar-refractivity contribution is 6.00. The number of nitrogens with zero attached hydrogens (tertiary/aromatic N) is 7. The molecule has 4 aromatic rings. The Morgan fingerprint density at radius 3 is 2.22 bits per heavy atom. The first-order valence-corrected chi connectivity index (χ1v) is 20.5. The molecule has 0 spiro atoms. The van der Waals surface area contributed by atoms with Gasteiger partial charge in [0, 0.05) is 69.2 Å². The van der Waals surface area contributed by atoms with Gasteiger partial charge in [0.2, 0.25) is 5.95 Å². The molecule has 5 heterocycles. The number of halogens is 3. The van der Waals surface area contributed by atoms with E-state index >= 15 is 13.2 Å². The van der Waals surface area contributed by atoms with Gasteiger partial charge in [0.05, 0.1) is 17.1 Å². The van der Waals surface area contributed by atoms with Crippen LogP contribution in [0.4, 0.5) is 19.1 Å². The maximum atomic E-state index is 15.1. The van der Waals surface area contributed by atoms with E-state index in [4.69, 9.17) is 19.3 Å². The number of hydrogen-bond acceptors (Lipinski definition) is 11. The van der Waals surface area contributed by atoms with Crippen LogP contribution < -0.4 is 15.0 Å². The van der Waals surface area contributed by atoms with Gasteiger partial charge >= 0.3 is 12.1 Å². The zero-order valence-corrected chi connectivity index (χ0v) is 33.0. The fourth-order valence-electron chi connectivity index (χ4n) is 10.4. The van der Waals surface area contributed by atoms with Crippen molar-refractivity contribution in [2.75, 3.05) is 31.2 Å². The Morgan fingerprint density at radius 1 is 0.914 bits per heavy atom. The highest BCUT2D eigenvalue weighted by atomic mass is 19.4. The molecular weight excluding hydrogens is 754 g/mol. The highest BCUT2D eigenvalue weighted by Gasteiger charge is 2.63. The molecule has 6 aliphatic rings. The number of esters is 1. The molecule has 6 fully saturated rings. The van der Waals surface area contributed by atoms with Crippen LogP contribution in [-0.2, 0) is 20.4 Å². The second kappa shape index (κ2) is 14.8. The summed E-state index contributed by atoms with van der Waals surface area (Å²) in [6, 6.07) is 6.98. The predicted molar refractivity (Wildman–Crippen MR) is 206 cm³/mol. The van der Waals surface area contributed by atoms with Crippen LogP contribution in [0.1, 0.15) is 101 Å². The lowest BCUT2D eigenvalue weighted by Gasteiger charge is -2.59. The highest BCUT2D eigenvalue weighted by Crippen LogP contribution is 2.59. The number of alkyl halides is 3. The Kier molecular flexibility index (Phi) is 9.83. The van der Waals surface area contributed by atoms with E-state index in [1.54, 1.807) is 62.1 Å². The Morgan fingerprint density at radius 2 is 1.59 bits per heavy atom. The minimum absolute atomic E-state index is 0.0563. The average molecular weight is 803 g/mol. The summed E-state index contributed by atoms with van der Waals surface area (Å²) in [6.07, 6.45) is 5.96. The molecule has 4 saturated carbocycles. The molecule has 1 N–H and O–H groups in total. The molecule has 308 valence electrons. The van der Waals surface area contributed by atoms with Gasteiger partial charge in [0.15, 0.2) is 11.5 Å². The first-order chi connectivity index (χ1) is 27.7. The van der Waals surface area contributed by atoms with Crippen LogP contribution in [0.3, 0.4) is 0 Å². The van der Waals surface area contributed by atoms with E-state index in [0.717, 1.165) is 38.5 Å². The summed E-state index contributed by atoms with van der Waals surface area (Å²) in [5.74, 6) is -0.169. The third-order valence-corrected chi connectivity index (χ3v) is 12.8. The van der Waals surface area contributed by atoms with Crippen LogP contribution in [-0.4, -0.2) is 85.1 Å². The SMILES string of the molecule is CC(C)(C)OC(=O)C1(NC(=O)c2cnc(-c3c4ccc(OC5CCN(c6ncccn6)CC5)cc4nn3C3CCOCC3)nc2C(F)(F)F)C2CC3CC(C2)CC1C3. The van der Waals surface area contributed by atoms with Crippen LogP contribution in [0.2, 0.25) is 0 Å². The lowest BCUT2D eigenvalue weighted by atomic mass is 9.48. The molecular formula is C42H49F3N8O5. The standard InChI is InChI=1S/C42H49F3N8O5/c1-40(2,3)58-38(55)41(26-18-24-17-25(20-26)21-27(41)19-24)50-37(54)32-23-48-36(49-35(32)42(43,44)45)34-31-6-5-30(22-33(31)51-53(34)28-9-15-56-16-10-28)57-29-7-13-52(14-8-29)39-46-11-4-12-47-39/h4-6,11-12,22-29H,7-10,13-21H2,1-3H3,(H,50,54). The second-order valence-electron chi connectivity index (χ2n) is 17.8. The maximum Gasteiger partial charge on any atom is 0.434 e. The van der Waals surface area contributed by atoms with E-state index in [1.807, 2.05) is 0 Å². The van der Waals surface area contributed by atoms with Gasteiger partial charge in [-0.2, -0.15) is 18.3 Å². The van der Waals surface area contributed by atoms with Gasteiger partial charge in [-0.1, -0.05) is 0 Å². The Labute approximate surface area is 334 Å². The molecule has 0 atom stereocenters. The number of hydrogen-bond donors (Lipinski definition) is 1. The molecule has 1 amide bonds. The zero-order chi connectivity index (χ0) is 40.4. The molecule has 13 nitrogen and oxygen atoms in total. The topological polar surface area (TPSA) is 146 Å². The number of rotatable bonds is 8. The summed E-state index contributed by atoms with van der Waals surface area (Å²) in [7, 11) is 0. The molecule has 1 aromatic carbocycles. The van der Waals surface area contributed by atoms with E-state index in [-0.39, 0.29) is 29.8 Å². The van der Waals surface area contributed by atoms with Gasteiger partial charge in [-0.25, -0.2) is 24.7 Å². The van der Waals surface area contributed by atoms with E-state index < -0.39 is 40.5 Å². The molecule has 2 aliphatic heterocycles. The second-order valence-corrected chi connectivity index (χ2v) is 17.8. The minimum Gasteiger partial charge on any atom is -0.490 e. The van der Waals surface area contributed by atoms with Crippen molar-refractivity contribution in [3.8, 4) is 17.3 Å². The van der Waals surface area contributed by atoms with Gasteiger partial charge in [-0.05, 0) is 108 Å². The van der Waals surface area contributed by atoms with Crippen molar-refractivity contribution in [2.24, 2.45) is 23.7 Å². The van der Waals surface area contributed by atoms with E-state index in [9.17, 15) is 9.59 Å². The molecule has 0 unspecified atom stereocenters. The van der Waals surface area contributed by atoms with Crippen molar-refractivity contribution in [1.82, 2.24) is 35.0 Å². The van der Waals surface area contributed by atoms with Crippen molar-refractivity contribution < 1.29 is 37.0 Å². The molecule has 4 bridgehead atoms. The van der Waals surface area contributed by atoms with Gasteiger partial charge in [0.1, 0.15) is 28.7 Å². The monoisotopic (exact) mass is 802 g/mol. The fourth-order valence-corrected chi connectivity index (χ4v) is 10.4. The van der Waals surface area contributed by atoms with E-state index in [0.29, 0.717) is 91.9 Å². The number of anilines is 1. The van der Waals surface area contributed by atoms with Crippen molar-refractivity contribution >= 4 is 28.7 Å². The maximum absolute atomic E-state index is 15.1. The number of fused-ring (bicyclic) bond motifs is 1. The van der Waals surface area contributed by atoms with Crippen LogP contribution in [0.25, 0.3) is 22.4 Å². The zero-order valence-electron chi connectivity index (χ0n) is 33.0. The van der Waals surface area contributed by atoms with E-state index in [1.165, 1.54) is 0 Å². The number of nitrogens with one attached hydrogen (secondary N) is 1. The minimum atomic E-state index is -5.02. The first kappa shape index (κ1) is 38.6. The molecule has 2 saturated heterocycles. The predicted octanol–water partition coefficient (Wildman–Crippen LogP) is 6.97. The molecule has 16 heteroatoms. The lowest BCUT2D eigenvalue weighted by Crippen LogP contribution is -2.71. The summed E-state index contributed by atoms with van der Waals surface area (Å²) in [4.78, 5) is 47.8. The smallest absolute Gasteiger partial charge is 0.434 e. The fraction of sp³-hybridized carbons (Fsp3) is 0.595. The number of benzene rings is 1. The third-order valence-electron chi connectivity index (χ3n) is 12.8. The molecule has 4 aliphatic carbocycles. The number of piperidine rings is 1. The van der Waals surface area contributed by atoms with Crippen LogP contribution in [0.5, 0.6) is 5.75 Å². The summed E-state index contributed by atoms with van der Waals surface area (Å²) in [6.45, 7) is 7.66. The number of carbonyl (C=O) groups is 2. The van der Waals surface area contributed by atoms with Crippen LogP contribution in [0, 0.1) is 23.7 Å². The summed E-state index contributed by atoms with van der Waals surface area (Å²) >= 11 is 0. The number of ether oxygens (including phenoxy) is 3. The first-order valence-electron chi connectivity index (χ1n) is 20.5. The largest absolute Gasteiger partial charge is 0.490 e.